The predicted molar refractivity (Wildman–Crippen MR) is 74.6 cm³/mol. The van der Waals surface area contributed by atoms with E-state index in [-0.39, 0.29) is 11.5 Å². The molecule has 0 saturated carbocycles. The lowest BCUT2D eigenvalue weighted by atomic mass is 10.1. The van der Waals surface area contributed by atoms with Crippen LogP contribution in [0.5, 0.6) is 0 Å². The number of hydrogen-bond donors (Lipinski definition) is 3. The third-order valence-electron chi connectivity index (χ3n) is 2.29. The van der Waals surface area contributed by atoms with Crippen molar-refractivity contribution >= 4 is 11.9 Å². The van der Waals surface area contributed by atoms with Crippen molar-refractivity contribution in [1.82, 2.24) is 10.4 Å². The number of carboxylic acids is 1. The largest absolute Gasteiger partial charge is 0.481 e. The van der Waals surface area contributed by atoms with Gasteiger partial charge in [-0.25, -0.2) is 10.2 Å². The Morgan fingerprint density at radius 3 is 2.38 bits per heavy atom. The molecule has 21 heavy (non-hydrogen) atoms. The fourth-order valence-electron chi connectivity index (χ4n) is 1.44. The lowest BCUT2D eigenvalue weighted by molar-refractivity contribution is -0.134. The maximum Gasteiger partial charge on any atom is 0.300 e. The molecule has 0 aliphatic rings. The van der Waals surface area contributed by atoms with Crippen LogP contribution < -0.4 is 11.3 Å². The number of carboxylic acid groups (broad SMARTS) is 1. The van der Waals surface area contributed by atoms with Crippen LogP contribution >= 0.6 is 0 Å². The number of carbonyl (C=O) groups is 2. The highest BCUT2D eigenvalue weighted by Gasteiger charge is 2.05. The van der Waals surface area contributed by atoms with E-state index in [1.54, 1.807) is 18.2 Å². The van der Waals surface area contributed by atoms with Crippen LogP contribution in [-0.2, 0) is 4.79 Å². The minimum atomic E-state index is -0.833. The van der Waals surface area contributed by atoms with Crippen LogP contribution in [0.15, 0.2) is 42.6 Å². The Balaban J connectivity index is 0.000000491. The SMILES string of the molecule is CC(=O)O.NNC(=O)c1ccc(-c2cccc(F)c2)cn1. The Labute approximate surface area is 120 Å². The van der Waals surface area contributed by atoms with Gasteiger partial charge in [0.25, 0.3) is 11.9 Å². The number of pyridine rings is 1. The van der Waals surface area contributed by atoms with Crippen molar-refractivity contribution in [3.8, 4) is 11.1 Å². The molecule has 110 valence electrons. The quantitative estimate of drug-likeness (QED) is 0.442. The number of nitrogens with zero attached hydrogens (tertiary/aromatic N) is 1. The van der Waals surface area contributed by atoms with E-state index in [4.69, 9.17) is 15.7 Å². The number of aromatic nitrogens is 1. The maximum atomic E-state index is 13.0. The van der Waals surface area contributed by atoms with E-state index >= 15 is 0 Å². The molecule has 1 heterocycles. The van der Waals surface area contributed by atoms with E-state index < -0.39 is 11.9 Å². The number of aliphatic carboxylic acids is 1. The summed E-state index contributed by atoms with van der Waals surface area (Å²) in [6, 6.07) is 9.37. The van der Waals surface area contributed by atoms with E-state index in [1.165, 1.54) is 24.4 Å². The number of nitrogens with one attached hydrogen (secondary N) is 1. The highest BCUT2D eigenvalue weighted by molar-refractivity contribution is 5.92. The van der Waals surface area contributed by atoms with E-state index in [0.29, 0.717) is 5.56 Å². The first-order chi connectivity index (χ1) is 9.93. The van der Waals surface area contributed by atoms with Gasteiger partial charge in [0.05, 0.1) is 0 Å². The van der Waals surface area contributed by atoms with Crippen molar-refractivity contribution in [3.63, 3.8) is 0 Å². The molecule has 0 aliphatic heterocycles. The van der Waals surface area contributed by atoms with Crippen LogP contribution in [0.2, 0.25) is 0 Å². The molecule has 2 aromatic rings. The Hall–Kier alpha value is -2.80. The van der Waals surface area contributed by atoms with Gasteiger partial charge in [0.2, 0.25) is 0 Å². The summed E-state index contributed by atoms with van der Waals surface area (Å²) in [5, 5.41) is 7.42. The molecule has 0 radical (unpaired) electrons. The number of benzene rings is 1. The number of halogens is 1. The van der Waals surface area contributed by atoms with Crippen LogP contribution in [0.25, 0.3) is 11.1 Å². The van der Waals surface area contributed by atoms with Gasteiger partial charge >= 0.3 is 0 Å². The minimum absolute atomic E-state index is 0.215. The molecular weight excluding hydrogens is 277 g/mol. The van der Waals surface area contributed by atoms with E-state index in [0.717, 1.165) is 12.5 Å². The molecule has 1 aromatic heterocycles. The molecule has 1 aromatic carbocycles. The summed E-state index contributed by atoms with van der Waals surface area (Å²) < 4.78 is 13.0. The van der Waals surface area contributed by atoms with Crippen LogP contribution in [0.1, 0.15) is 17.4 Å². The molecule has 0 unspecified atom stereocenters. The number of nitrogens with two attached hydrogens (primary N) is 1. The van der Waals surface area contributed by atoms with Crippen LogP contribution in [0, 0.1) is 5.82 Å². The van der Waals surface area contributed by atoms with Crippen molar-refractivity contribution in [2.45, 2.75) is 6.92 Å². The molecule has 7 heteroatoms. The van der Waals surface area contributed by atoms with Crippen molar-refractivity contribution in [1.29, 1.82) is 0 Å². The number of carbonyl (C=O) groups excluding carboxylic acids is 1. The first-order valence-electron chi connectivity index (χ1n) is 5.86. The molecule has 0 aliphatic carbocycles. The topological polar surface area (TPSA) is 105 Å². The molecule has 0 saturated heterocycles. The smallest absolute Gasteiger partial charge is 0.300 e. The normalized spacial score (nSPS) is 9.29. The first-order valence-corrected chi connectivity index (χ1v) is 5.86. The van der Waals surface area contributed by atoms with E-state index in [1.807, 2.05) is 5.43 Å². The summed E-state index contributed by atoms with van der Waals surface area (Å²) in [6.45, 7) is 1.08. The van der Waals surface area contributed by atoms with Gasteiger partial charge in [0, 0.05) is 18.7 Å². The fourth-order valence-corrected chi connectivity index (χ4v) is 1.44. The number of nitrogen functional groups attached to an aromatic ring is 1. The van der Waals surface area contributed by atoms with Gasteiger partial charge in [-0.1, -0.05) is 18.2 Å². The number of amides is 1. The molecule has 0 spiro atoms. The molecule has 6 nitrogen and oxygen atoms in total. The summed E-state index contributed by atoms with van der Waals surface area (Å²) in [7, 11) is 0. The molecular formula is C14H14FN3O3. The average Bonchev–Trinajstić information content (AvgIpc) is 2.46. The Kier molecular flexibility index (Phi) is 5.97. The van der Waals surface area contributed by atoms with E-state index in [9.17, 15) is 9.18 Å². The highest BCUT2D eigenvalue weighted by atomic mass is 19.1. The molecule has 0 bridgehead atoms. The third-order valence-corrected chi connectivity index (χ3v) is 2.29. The molecule has 2 rings (SSSR count). The molecule has 4 N–H and O–H groups in total. The van der Waals surface area contributed by atoms with Gasteiger partial charge in [0.15, 0.2) is 0 Å². The monoisotopic (exact) mass is 291 g/mol. The second kappa shape index (κ2) is 7.71. The summed E-state index contributed by atoms with van der Waals surface area (Å²) in [5.74, 6) is 3.37. The molecule has 0 fully saturated rings. The van der Waals surface area contributed by atoms with Crippen molar-refractivity contribution < 1.29 is 19.1 Å². The highest BCUT2D eigenvalue weighted by Crippen LogP contribution is 2.19. The number of hydrazine groups is 1. The van der Waals surface area contributed by atoms with Crippen LogP contribution in [0.3, 0.4) is 0 Å². The lowest BCUT2D eigenvalue weighted by Gasteiger charge is -2.03. The average molecular weight is 291 g/mol. The standard InChI is InChI=1S/C12H10FN3O.C2H4O2/c13-10-3-1-2-8(6-10)9-4-5-11(15-7-9)12(17)16-14;1-2(3)4/h1-7H,14H2,(H,16,17);1H3,(H,3,4). The number of hydrogen-bond acceptors (Lipinski definition) is 4. The second-order valence-corrected chi connectivity index (χ2v) is 3.93. The van der Waals surface area contributed by atoms with Crippen molar-refractivity contribution in [2.24, 2.45) is 5.84 Å². The molecule has 1 amide bonds. The van der Waals surface area contributed by atoms with Gasteiger partial charge in [0.1, 0.15) is 11.5 Å². The van der Waals surface area contributed by atoms with Gasteiger partial charge in [-0.3, -0.25) is 20.0 Å². The molecule has 0 atom stereocenters. The zero-order valence-corrected chi connectivity index (χ0v) is 11.2. The van der Waals surface area contributed by atoms with Crippen LogP contribution in [0.4, 0.5) is 4.39 Å². The summed E-state index contributed by atoms with van der Waals surface area (Å²) in [4.78, 5) is 24.1. The Morgan fingerprint density at radius 1 is 1.24 bits per heavy atom. The summed E-state index contributed by atoms with van der Waals surface area (Å²) in [5.41, 5.74) is 3.64. The van der Waals surface area contributed by atoms with Crippen molar-refractivity contribution in [2.75, 3.05) is 0 Å². The summed E-state index contributed by atoms with van der Waals surface area (Å²) >= 11 is 0. The second-order valence-electron chi connectivity index (χ2n) is 3.93. The van der Waals surface area contributed by atoms with E-state index in [2.05, 4.69) is 4.98 Å². The lowest BCUT2D eigenvalue weighted by Crippen LogP contribution is -2.30. The Bertz CT molecular complexity index is 626. The maximum absolute atomic E-state index is 13.0. The Morgan fingerprint density at radius 2 is 1.90 bits per heavy atom. The predicted octanol–water partition coefficient (Wildman–Crippen LogP) is 1.58. The fraction of sp³-hybridized carbons (Fsp3) is 0.0714. The van der Waals surface area contributed by atoms with Gasteiger partial charge in [-0.15, -0.1) is 0 Å². The van der Waals surface area contributed by atoms with Gasteiger partial charge in [-0.05, 0) is 23.8 Å². The van der Waals surface area contributed by atoms with Gasteiger partial charge < -0.3 is 5.11 Å². The van der Waals surface area contributed by atoms with Crippen molar-refractivity contribution in [3.05, 3.63) is 54.1 Å². The zero-order chi connectivity index (χ0) is 15.8. The zero-order valence-electron chi connectivity index (χ0n) is 11.2. The van der Waals surface area contributed by atoms with Crippen LogP contribution in [-0.4, -0.2) is 22.0 Å². The minimum Gasteiger partial charge on any atom is -0.481 e. The van der Waals surface area contributed by atoms with Gasteiger partial charge in [-0.2, -0.15) is 0 Å². The first kappa shape index (κ1) is 16.3. The summed E-state index contributed by atoms with van der Waals surface area (Å²) in [6.07, 6.45) is 1.50. The third kappa shape index (κ3) is 5.37. The number of rotatable bonds is 2.